The molecule has 7 heteroatoms. The van der Waals surface area contributed by atoms with Crippen molar-refractivity contribution in [2.75, 3.05) is 18.5 Å². The maximum atomic E-state index is 12.2. The van der Waals surface area contributed by atoms with Gasteiger partial charge in [0.25, 0.3) is 0 Å². The van der Waals surface area contributed by atoms with Gasteiger partial charge < -0.3 is 14.8 Å². The monoisotopic (exact) mass is 445 g/mol. The normalized spacial score (nSPS) is 11.0. The fraction of sp³-hybridized carbons (Fsp3) is 0.375. The molecule has 2 aromatic carbocycles. The lowest BCUT2D eigenvalue weighted by atomic mass is 9.95. The molecule has 1 amide bonds. The van der Waals surface area contributed by atoms with E-state index in [2.05, 4.69) is 5.32 Å². The Morgan fingerprint density at radius 1 is 1.03 bits per heavy atom. The third kappa shape index (κ3) is 8.06. The van der Waals surface area contributed by atoms with Crippen molar-refractivity contribution in [2.24, 2.45) is 5.41 Å². The smallest absolute Gasteiger partial charge is 0.306 e. The number of esters is 1. The minimum absolute atomic E-state index is 0.115. The van der Waals surface area contributed by atoms with Crippen molar-refractivity contribution in [2.45, 2.75) is 40.5 Å². The molecule has 0 atom stereocenters. The van der Waals surface area contributed by atoms with Gasteiger partial charge in [-0.05, 0) is 61.4 Å². The van der Waals surface area contributed by atoms with E-state index in [0.717, 1.165) is 11.3 Å². The van der Waals surface area contributed by atoms with Gasteiger partial charge in [0.05, 0.1) is 6.61 Å². The van der Waals surface area contributed by atoms with E-state index in [-0.39, 0.29) is 24.7 Å². The number of hydrogen-bond donors (Lipinski definition) is 1. The fourth-order valence-electron chi connectivity index (χ4n) is 2.53. The summed E-state index contributed by atoms with van der Waals surface area (Å²) in [5.41, 5.74) is 1.42. The van der Waals surface area contributed by atoms with Crippen LogP contribution in [0.15, 0.2) is 42.5 Å². The van der Waals surface area contributed by atoms with Crippen molar-refractivity contribution in [1.82, 2.24) is 0 Å². The van der Waals surface area contributed by atoms with Gasteiger partial charge in [-0.25, -0.2) is 0 Å². The van der Waals surface area contributed by atoms with Crippen LogP contribution in [-0.4, -0.2) is 30.9 Å². The second kappa shape index (κ2) is 11.0. The van der Waals surface area contributed by atoms with E-state index in [4.69, 9.17) is 21.1 Å². The number of ketones is 1. The molecule has 1 N–H and O–H groups in total. The number of nitrogens with one attached hydrogen (secondary N) is 1. The largest absolute Gasteiger partial charge is 0.493 e. The molecule has 2 rings (SSSR count). The first-order chi connectivity index (χ1) is 14.6. The molecule has 0 radical (unpaired) electrons. The van der Waals surface area contributed by atoms with E-state index in [1.165, 1.54) is 0 Å². The average molecular weight is 446 g/mol. The SMILES string of the molecule is Cc1cc(Cl)ccc1OCCCC(=O)OCC(=O)c1ccc(NC(=O)C(C)(C)C)cc1. The van der Waals surface area contributed by atoms with Crippen molar-refractivity contribution < 1.29 is 23.9 Å². The molecular formula is C24H28ClNO5. The predicted molar refractivity (Wildman–Crippen MR) is 121 cm³/mol. The molecule has 0 aromatic heterocycles. The number of ether oxygens (including phenoxy) is 2. The standard InChI is InChI=1S/C24H28ClNO5/c1-16-14-18(25)9-12-21(16)30-13-5-6-22(28)31-15-20(27)17-7-10-19(11-8-17)26-23(29)24(2,3)4/h7-12,14H,5-6,13,15H2,1-4H3,(H,26,29). The van der Waals surface area contributed by atoms with E-state index in [9.17, 15) is 14.4 Å². The highest BCUT2D eigenvalue weighted by Crippen LogP contribution is 2.22. The molecule has 0 spiro atoms. The van der Waals surface area contributed by atoms with Gasteiger partial charge in [-0.1, -0.05) is 32.4 Å². The first-order valence-corrected chi connectivity index (χ1v) is 10.4. The molecule has 31 heavy (non-hydrogen) atoms. The third-order valence-electron chi connectivity index (χ3n) is 4.43. The number of rotatable bonds is 9. The number of amides is 1. The minimum Gasteiger partial charge on any atom is -0.493 e. The lowest BCUT2D eigenvalue weighted by molar-refractivity contribution is -0.142. The Balaban J connectivity index is 1.71. The minimum atomic E-state index is -0.513. The molecule has 0 heterocycles. The fourth-order valence-corrected chi connectivity index (χ4v) is 2.76. The maximum absolute atomic E-state index is 12.2. The molecule has 0 aliphatic heterocycles. The zero-order valence-corrected chi connectivity index (χ0v) is 19.0. The molecule has 0 aliphatic rings. The zero-order valence-electron chi connectivity index (χ0n) is 18.3. The Hall–Kier alpha value is -2.86. The number of carbonyl (C=O) groups is 3. The maximum Gasteiger partial charge on any atom is 0.306 e. The molecule has 0 bridgehead atoms. The first kappa shape index (κ1) is 24.4. The predicted octanol–water partition coefficient (Wildman–Crippen LogP) is 5.22. The van der Waals surface area contributed by atoms with Gasteiger partial charge in [0, 0.05) is 28.1 Å². The Kier molecular flexibility index (Phi) is 8.63. The van der Waals surface area contributed by atoms with Crippen molar-refractivity contribution >= 4 is 34.9 Å². The van der Waals surface area contributed by atoms with Gasteiger partial charge in [0.2, 0.25) is 5.91 Å². The summed E-state index contributed by atoms with van der Waals surface area (Å²) in [5, 5.41) is 3.43. The van der Waals surface area contributed by atoms with Crippen molar-refractivity contribution in [3.8, 4) is 5.75 Å². The number of aryl methyl sites for hydroxylation is 1. The van der Waals surface area contributed by atoms with Crippen LogP contribution in [0, 0.1) is 12.3 Å². The second-order valence-corrected chi connectivity index (χ2v) is 8.66. The summed E-state index contributed by atoms with van der Waals surface area (Å²) in [6, 6.07) is 11.8. The Bertz CT molecular complexity index is 932. The van der Waals surface area contributed by atoms with Crippen molar-refractivity contribution in [1.29, 1.82) is 0 Å². The van der Waals surface area contributed by atoms with E-state index in [0.29, 0.717) is 29.3 Å². The summed E-state index contributed by atoms with van der Waals surface area (Å²) in [4.78, 5) is 36.1. The van der Waals surface area contributed by atoms with Gasteiger partial charge in [-0.3, -0.25) is 14.4 Å². The number of anilines is 1. The van der Waals surface area contributed by atoms with E-state index < -0.39 is 11.4 Å². The third-order valence-corrected chi connectivity index (χ3v) is 4.67. The first-order valence-electron chi connectivity index (χ1n) is 10.1. The summed E-state index contributed by atoms with van der Waals surface area (Å²) in [6.07, 6.45) is 0.620. The highest BCUT2D eigenvalue weighted by Gasteiger charge is 2.21. The molecule has 166 valence electrons. The highest BCUT2D eigenvalue weighted by molar-refractivity contribution is 6.30. The Morgan fingerprint density at radius 2 is 1.71 bits per heavy atom. The number of halogens is 1. The molecule has 6 nitrogen and oxygen atoms in total. The number of hydrogen-bond acceptors (Lipinski definition) is 5. The number of benzene rings is 2. The molecule has 0 saturated carbocycles. The summed E-state index contributed by atoms with van der Waals surface area (Å²) in [6.45, 7) is 7.38. The topological polar surface area (TPSA) is 81.7 Å². The van der Waals surface area contributed by atoms with Crippen molar-refractivity contribution in [3.63, 3.8) is 0 Å². The van der Waals surface area contributed by atoms with E-state index in [1.54, 1.807) is 36.4 Å². The van der Waals surface area contributed by atoms with Crippen LogP contribution in [0.3, 0.4) is 0 Å². The second-order valence-electron chi connectivity index (χ2n) is 8.23. The van der Waals surface area contributed by atoms with Crippen LogP contribution in [0.1, 0.15) is 49.5 Å². The van der Waals surface area contributed by atoms with E-state index in [1.807, 2.05) is 33.8 Å². The van der Waals surface area contributed by atoms with Gasteiger partial charge in [0.15, 0.2) is 12.4 Å². The van der Waals surface area contributed by atoms with Crippen LogP contribution >= 0.6 is 11.6 Å². The lowest BCUT2D eigenvalue weighted by Crippen LogP contribution is -2.27. The molecule has 2 aromatic rings. The van der Waals surface area contributed by atoms with Crippen LogP contribution in [0.25, 0.3) is 0 Å². The number of carbonyl (C=O) groups excluding carboxylic acids is 3. The van der Waals surface area contributed by atoms with Crippen LogP contribution in [-0.2, 0) is 14.3 Å². The van der Waals surface area contributed by atoms with Crippen LogP contribution in [0.2, 0.25) is 5.02 Å². The van der Waals surface area contributed by atoms with Gasteiger partial charge in [0.1, 0.15) is 5.75 Å². The van der Waals surface area contributed by atoms with E-state index >= 15 is 0 Å². The van der Waals surface area contributed by atoms with Crippen molar-refractivity contribution in [3.05, 3.63) is 58.6 Å². The van der Waals surface area contributed by atoms with Crippen LogP contribution < -0.4 is 10.1 Å². The quantitative estimate of drug-likeness (QED) is 0.325. The average Bonchev–Trinajstić information content (AvgIpc) is 2.70. The zero-order chi connectivity index (χ0) is 23.0. The summed E-state index contributed by atoms with van der Waals surface area (Å²) < 4.78 is 10.7. The molecule has 0 fully saturated rings. The molecular weight excluding hydrogens is 418 g/mol. The summed E-state index contributed by atoms with van der Waals surface area (Å²) in [5.74, 6) is -0.167. The van der Waals surface area contributed by atoms with Crippen LogP contribution in [0.5, 0.6) is 5.75 Å². The van der Waals surface area contributed by atoms with Crippen LogP contribution in [0.4, 0.5) is 5.69 Å². The van der Waals surface area contributed by atoms with Gasteiger partial charge >= 0.3 is 5.97 Å². The number of Topliss-reactive ketones (excluding diaryl/α,β-unsaturated/α-hetero) is 1. The molecule has 0 aliphatic carbocycles. The Morgan fingerprint density at radius 3 is 2.32 bits per heavy atom. The molecule has 0 unspecified atom stereocenters. The summed E-state index contributed by atoms with van der Waals surface area (Å²) in [7, 11) is 0. The highest BCUT2D eigenvalue weighted by atomic mass is 35.5. The van der Waals surface area contributed by atoms with Gasteiger partial charge in [-0.15, -0.1) is 0 Å². The lowest BCUT2D eigenvalue weighted by Gasteiger charge is -2.17. The Labute approximate surface area is 187 Å². The summed E-state index contributed by atoms with van der Waals surface area (Å²) >= 11 is 5.91. The molecule has 0 saturated heterocycles. The van der Waals surface area contributed by atoms with Gasteiger partial charge in [-0.2, -0.15) is 0 Å².